The van der Waals surface area contributed by atoms with E-state index in [1.54, 1.807) is 7.11 Å². The van der Waals surface area contributed by atoms with Crippen LogP contribution in [-0.2, 0) is 6.54 Å². The molecule has 0 heterocycles. The number of benzene rings is 1. The van der Waals surface area contributed by atoms with Gasteiger partial charge in [-0.1, -0.05) is 13.3 Å². The molecule has 1 aromatic carbocycles. The van der Waals surface area contributed by atoms with Crippen molar-refractivity contribution in [1.29, 1.82) is 0 Å². The van der Waals surface area contributed by atoms with Crippen molar-refractivity contribution in [2.75, 3.05) is 20.8 Å². The van der Waals surface area contributed by atoms with Crippen molar-refractivity contribution in [2.45, 2.75) is 26.3 Å². The molecule has 0 aliphatic rings. The highest BCUT2D eigenvalue weighted by Gasteiger charge is 2.04. The fourth-order valence-electron chi connectivity index (χ4n) is 1.48. The third-order valence-corrected chi connectivity index (χ3v) is 2.39. The molecule has 0 radical (unpaired) electrons. The van der Waals surface area contributed by atoms with E-state index >= 15 is 0 Å². The molecule has 1 aromatic rings. The second-order valence-electron chi connectivity index (χ2n) is 3.71. The number of ether oxygens (including phenoxy) is 2. The van der Waals surface area contributed by atoms with Gasteiger partial charge < -0.3 is 14.8 Å². The van der Waals surface area contributed by atoms with Crippen LogP contribution in [0.5, 0.6) is 11.5 Å². The van der Waals surface area contributed by atoms with Crippen molar-refractivity contribution in [1.82, 2.24) is 5.32 Å². The SMILES string of the molecule is CCCCOc1ccc(OC)cc1CNC. The van der Waals surface area contributed by atoms with Gasteiger partial charge in [-0.25, -0.2) is 0 Å². The summed E-state index contributed by atoms with van der Waals surface area (Å²) in [6.07, 6.45) is 2.24. The Morgan fingerprint density at radius 1 is 1.31 bits per heavy atom. The van der Waals surface area contributed by atoms with Gasteiger partial charge in [0.2, 0.25) is 0 Å². The van der Waals surface area contributed by atoms with Crippen LogP contribution in [0.1, 0.15) is 25.3 Å². The maximum absolute atomic E-state index is 5.73. The third-order valence-electron chi connectivity index (χ3n) is 2.39. The third kappa shape index (κ3) is 3.74. The Bertz CT molecular complexity index is 313. The van der Waals surface area contributed by atoms with E-state index in [0.29, 0.717) is 0 Å². The highest BCUT2D eigenvalue weighted by molar-refractivity contribution is 5.40. The van der Waals surface area contributed by atoms with E-state index in [9.17, 15) is 0 Å². The van der Waals surface area contributed by atoms with Crippen molar-refractivity contribution < 1.29 is 9.47 Å². The summed E-state index contributed by atoms with van der Waals surface area (Å²) < 4.78 is 10.9. The van der Waals surface area contributed by atoms with E-state index in [4.69, 9.17) is 9.47 Å². The smallest absolute Gasteiger partial charge is 0.124 e. The van der Waals surface area contributed by atoms with Gasteiger partial charge in [0.1, 0.15) is 11.5 Å². The summed E-state index contributed by atoms with van der Waals surface area (Å²) >= 11 is 0. The Morgan fingerprint density at radius 2 is 2.12 bits per heavy atom. The van der Waals surface area contributed by atoms with E-state index in [-0.39, 0.29) is 0 Å². The standard InChI is InChI=1S/C13H21NO2/c1-4-5-8-16-13-7-6-12(15-3)9-11(13)10-14-2/h6-7,9,14H,4-5,8,10H2,1-3H3. The molecule has 0 unspecified atom stereocenters. The molecule has 0 aliphatic carbocycles. The van der Waals surface area contributed by atoms with Crippen LogP contribution in [0.4, 0.5) is 0 Å². The van der Waals surface area contributed by atoms with Gasteiger partial charge in [-0.05, 0) is 31.7 Å². The molecule has 3 nitrogen and oxygen atoms in total. The summed E-state index contributed by atoms with van der Waals surface area (Å²) in [6.45, 7) is 3.73. The summed E-state index contributed by atoms with van der Waals surface area (Å²) in [5.74, 6) is 1.82. The van der Waals surface area contributed by atoms with Crippen LogP contribution in [0.15, 0.2) is 18.2 Å². The lowest BCUT2D eigenvalue weighted by molar-refractivity contribution is 0.305. The molecule has 0 atom stereocenters. The second-order valence-corrected chi connectivity index (χ2v) is 3.71. The number of hydrogen-bond acceptors (Lipinski definition) is 3. The molecular weight excluding hydrogens is 202 g/mol. The lowest BCUT2D eigenvalue weighted by atomic mass is 10.2. The van der Waals surface area contributed by atoms with Crippen LogP contribution in [0, 0.1) is 0 Å². The highest BCUT2D eigenvalue weighted by atomic mass is 16.5. The van der Waals surface area contributed by atoms with E-state index in [1.807, 2.05) is 25.2 Å². The molecule has 0 amide bonds. The molecule has 1 N–H and O–H groups in total. The van der Waals surface area contributed by atoms with Crippen molar-refractivity contribution in [3.05, 3.63) is 23.8 Å². The topological polar surface area (TPSA) is 30.5 Å². The monoisotopic (exact) mass is 223 g/mol. The first-order chi connectivity index (χ1) is 7.81. The van der Waals surface area contributed by atoms with Gasteiger partial charge in [-0.3, -0.25) is 0 Å². The lowest BCUT2D eigenvalue weighted by Crippen LogP contribution is -2.08. The molecular formula is C13H21NO2. The number of hydrogen-bond donors (Lipinski definition) is 1. The maximum atomic E-state index is 5.73. The van der Waals surface area contributed by atoms with Crippen LogP contribution in [0.2, 0.25) is 0 Å². The first-order valence-electron chi connectivity index (χ1n) is 5.76. The number of methoxy groups -OCH3 is 1. The summed E-state index contributed by atoms with van der Waals surface area (Å²) in [5.41, 5.74) is 1.14. The molecule has 0 aliphatic heterocycles. The Hall–Kier alpha value is -1.22. The van der Waals surface area contributed by atoms with Gasteiger partial charge in [0.15, 0.2) is 0 Å². The Labute approximate surface area is 97.8 Å². The van der Waals surface area contributed by atoms with E-state index in [2.05, 4.69) is 12.2 Å². The minimum absolute atomic E-state index is 0.777. The average molecular weight is 223 g/mol. The van der Waals surface area contributed by atoms with Crippen LogP contribution in [0.25, 0.3) is 0 Å². The normalized spacial score (nSPS) is 10.2. The van der Waals surface area contributed by atoms with E-state index in [1.165, 1.54) is 0 Å². The molecule has 16 heavy (non-hydrogen) atoms. The molecule has 0 bridgehead atoms. The van der Waals surface area contributed by atoms with Gasteiger partial charge >= 0.3 is 0 Å². The summed E-state index contributed by atoms with van der Waals surface area (Å²) in [4.78, 5) is 0. The molecule has 0 saturated carbocycles. The fourth-order valence-corrected chi connectivity index (χ4v) is 1.48. The summed E-state index contributed by atoms with van der Waals surface area (Å²) in [5, 5.41) is 3.13. The fraction of sp³-hybridized carbons (Fsp3) is 0.538. The number of unbranched alkanes of at least 4 members (excludes halogenated alkanes) is 1. The van der Waals surface area contributed by atoms with Crippen molar-refractivity contribution >= 4 is 0 Å². The maximum Gasteiger partial charge on any atom is 0.124 e. The quantitative estimate of drug-likeness (QED) is 0.721. The zero-order valence-electron chi connectivity index (χ0n) is 10.4. The second kappa shape index (κ2) is 7.12. The summed E-state index contributed by atoms with van der Waals surface area (Å²) in [6, 6.07) is 5.92. The lowest BCUT2D eigenvalue weighted by Gasteiger charge is -2.12. The van der Waals surface area contributed by atoms with Crippen LogP contribution in [-0.4, -0.2) is 20.8 Å². The van der Waals surface area contributed by atoms with Gasteiger partial charge in [0.05, 0.1) is 13.7 Å². The Morgan fingerprint density at radius 3 is 2.75 bits per heavy atom. The zero-order valence-corrected chi connectivity index (χ0v) is 10.4. The van der Waals surface area contributed by atoms with Crippen molar-refractivity contribution in [2.24, 2.45) is 0 Å². The largest absolute Gasteiger partial charge is 0.497 e. The number of nitrogens with one attached hydrogen (secondary N) is 1. The minimum atomic E-state index is 0.777. The van der Waals surface area contributed by atoms with Gasteiger partial charge in [0.25, 0.3) is 0 Å². The Kier molecular flexibility index (Phi) is 5.72. The molecule has 3 heteroatoms. The molecule has 1 rings (SSSR count). The van der Waals surface area contributed by atoms with Gasteiger partial charge in [0, 0.05) is 12.1 Å². The first-order valence-corrected chi connectivity index (χ1v) is 5.76. The number of rotatable bonds is 7. The summed E-state index contributed by atoms with van der Waals surface area (Å²) in [7, 11) is 3.60. The molecule has 0 fully saturated rings. The molecule has 0 saturated heterocycles. The van der Waals surface area contributed by atoms with Gasteiger partial charge in [-0.2, -0.15) is 0 Å². The van der Waals surface area contributed by atoms with E-state index in [0.717, 1.165) is 43.1 Å². The van der Waals surface area contributed by atoms with Crippen molar-refractivity contribution in [3.8, 4) is 11.5 Å². The average Bonchev–Trinajstić information content (AvgIpc) is 2.31. The molecule has 0 aromatic heterocycles. The van der Waals surface area contributed by atoms with Crippen molar-refractivity contribution in [3.63, 3.8) is 0 Å². The van der Waals surface area contributed by atoms with Crippen LogP contribution >= 0.6 is 0 Å². The highest BCUT2D eigenvalue weighted by Crippen LogP contribution is 2.24. The van der Waals surface area contributed by atoms with Gasteiger partial charge in [-0.15, -0.1) is 0 Å². The Balaban J connectivity index is 2.72. The molecule has 90 valence electrons. The first kappa shape index (κ1) is 12.8. The zero-order chi connectivity index (χ0) is 11.8. The predicted molar refractivity (Wildman–Crippen MR) is 66.2 cm³/mol. The van der Waals surface area contributed by atoms with Crippen LogP contribution < -0.4 is 14.8 Å². The molecule has 0 spiro atoms. The van der Waals surface area contributed by atoms with Crippen LogP contribution in [0.3, 0.4) is 0 Å². The minimum Gasteiger partial charge on any atom is -0.497 e. The predicted octanol–water partition coefficient (Wildman–Crippen LogP) is 2.59. The van der Waals surface area contributed by atoms with E-state index < -0.39 is 0 Å².